The van der Waals surface area contributed by atoms with Crippen LogP contribution in [0.2, 0.25) is 0 Å². The number of thiazole rings is 1. The van der Waals surface area contributed by atoms with Crippen molar-refractivity contribution < 1.29 is 41.0 Å². The van der Waals surface area contributed by atoms with Crippen molar-refractivity contribution in [3.05, 3.63) is 34.4 Å². The summed E-state index contributed by atoms with van der Waals surface area (Å²) >= 11 is 1.06. The van der Waals surface area contributed by atoms with Gasteiger partial charge in [0.15, 0.2) is 6.10 Å². The molecule has 0 spiro atoms. The SMILES string of the molecule is NC1=N[C@@]2(c3nc(NC(=O)c4ccc(OC(F)F)cn4)cs3)CO[C@@H](C(F)(F)F)C[C@H]2CO1. The molecule has 0 aliphatic carbocycles. The molecule has 178 valence electrons. The lowest BCUT2D eigenvalue weighted by molar-refractivity contribution is -0.249. The summed E-state index contributed by atoms with van der Waals surface area (Å²) in [4.78, 5) is 24.7. The molecule has 0 unspecified atom stereocenters. The second-order valence-electron chi connectivity index (χ2n) is 7.21. The van der Waals surface area contributed by atoms with Crippen LogP contribution in [0.4, 0.5) is 27.8 Å². The van der Waals surface area contributed by atoms with E-state index < -0.39 is 49.3 Å². The normalized spacial score (nSPS) is 25.1. The first-order valence-electron chi connectivity index (χ1n) is 9.41. The van der Waals surface area contributed by atoms with Gasteiger partial charge in [0.2, 0.25) is 0 Å². The minimum absolute atomic E-state index is 0.0930. The summed E-state index contributed by atoms with van der Waals surface area (Å²) in [5.41, 5.74) is 4.30. The fourth-order valence-corrected chi connectivity index (χ4v) is 4.48. The summed E-state index contributed by atoms with van der Waals surface area (Å²) in [5, 5.41) is 4.26. The number of carbonyl (C=O) groups is 1. The number of nitrogens with one attached hydrogen (secondary N) is 1. The summed E-state index contributed by atoms with van der Waals surface area (Å²) < 4.78 is 78.3. The molecule has 0 bridgehead atoms. The largest absolute Gasteiger partial charge is 0.465 e. The number of ether oxygens (including phenoxy) is 3. The zero-order valence-electron chi connectivity index (χ0n) is 16.5. The first-order valence-corrected chi connectivity index (χ1v) is 10.3. The summed E-state index contributed by atoms with van der Waals surface area (Å²) in [5.74, 6) is -1.51. The van der Waals surface area contributed by atoms with Gasteiger partial charge in [0.1, 0.15) is 27.8 Å². The first-order chi connectivity index (χ1) is 15.6. The highest BCUT2D eigenvalue weighted by Crippen LogP contribution is 2.47. The first kappa shape index (κ1) is 23.1. The van der Waals surface area contributed by atoms with Gasteiger partial charge in [-0.15, -0.1) is 11.3 Å². The third-order valence-corrected chi connectivity index (χ3v) is 6.11. The van der Waals surface area contributed by atoms with Crippen LogP contribution in [0.15, 0.2) is 28.7 Å². The minimum Gasteiger partial charge on any atom is -0.465 e. The Balaban J connectivity index is 1.52. The van der Waals surface area contributed by atoms with Gasteiger partial charge in [-0.2, -0.15) is 22.0 Å². The predicted molar refractivity (Wildman–Crippen MR) is 104 cm³/mol. The molecule has 1 fully saturated rings. The van der Waals surface area contributed by atoms with E-state index in [1.165, 1.54) is 11.4 Å². The van der Waals surface area contributed by atoms with Gasteiger partial charge in [-0.1, -0.05) is 0 Å². The van der Waals surface area contributed by atoms with E-state index in [2.05, 4.69) is 25.0 Å². The fraction of sp³-hybridized carbons (Fsp3) is 0.444. The molecule has 4 heterocycles. The quantitative estimate of drug-likeness (QED) is 0.615. The van der Waals surface area contributed by atoms with Crippen LogP contribution < -0.4 is 15.8 Å². The molecule has 3 atom stereocenters. The van der Waals surface area contributed by atoms with Gasteiger partial charge in [-0.05, 0) is 18.6 Å². The Bertz CT molecular complexity index is 1050. The number of fused-ring (bicyclic) bond motifs is 1. The zero-order chi connectivity index (χ0) is 23.8. The predicted octanol–water partition coefficient (Wildman–Crippen LogP) is 2.90. The number of amides is 1. The molecule has 0 saturated carbocycles. The summed E-state index contributed by atoms with van der Waals surface area (Å²) in [7, 11) is 0. The molecule has 3 N–H and O–H groups in total. The van der Waals surface area contributed by atoms with Crippen molar-refractivity contribution in [1.82, 2.24) is 9.97 Å². The molecule has 4 rings (SSSR count). The van der Waals surface area contributed by atoms with E-state index >= 15 is 0 Å². The van der Waals surface area contributed by atoms with Crippen LogP contribution in [0, 0.1) is 5.92 Å². The van der Waals surface area contributed by atoms with E-state index in [0.717, 1.165) is 23.6 Å². The average Bonchev–Trinajstić information content (AvgIpc) is 3.21. The van der Waals surface area contributed by atoms with Crippen molar-refractivity contribution in [1.29, 1.82) is 0 Å². The standard InChI is InChI=1S/C18H16F5N5O4S/c19-15(20)32-9-1-2-10(25-4-9)13(29)26-12-6-33-14(27-12)17-7-31-11(18(21,22)23)3-8(17)5-30-16(24)28-17/h1-2,4,6,8,11,15H,3,5,7H2,(H2,24,28)(H,26,29)/t8-,11+,17-/m0/s1. The van der Waals surface area contributed by atoms with Crippen LogP contribution in [0.25, 0.3) is 0 Å². The monoisotopic (exact) mass is 493 g/mol. The van der Waals surface area contributed by atoms with Gasteiger partial charge >= 0.3 is 12.8 Å². The minimum atomic E-state index is -4.54. The van der Waals surface area contributed by atoms with E-state index in [0.29, 0.717) is 5.01 Å². The second-order valence-corrected chi connectivity index (χ2v) is 8.07. The van der Waals surface area contributed by atoms with Crippen LogP contribution in [0.3, 0.4) is 0 Å². The highest BCUT2D eigenvalue weighted by atomic mass is 32.1. The van der Waals surface area contributed by atoms with Crippen LogP contribution >= 0.6 is 11.3 Å². The van der Waals surface area contributed by atoms with E-state index in [1.54, 1.807) is 0 Å². The average molecular weight is 493 g/mol. The maximum atomic E-state index is 13.2. The molecular formula is C18H16F5N5O4S. The molecule has 1 saturated heterocycles. The van der Waals surface area contributed by atoms with Gasteiger partial charge in [0.25, 0.3) is 11.9 Å². The Kier molecular flexibility index (Phi) is 6.09. The third kappa shape index (κ3) is 4.83. The maximum Gasteiger partial charge on any atom is 0.414 e. The number of hydrogen-bond donors (Lipinski definition) is 2. The molecule has 9 nitrogen and oxygen atoms in total. The number of nitrogens with two attached hydrogens (primary N) is 1. The van der Waals surface area contributed by atoms with Crippen LogP contribution in [-0.2, 0) is 15.0 Å². The molecule has 15 heteroatoms. The van der Waals surface area contributed by atoms with Gasteiger partial charge < -0.3 is 25.3 Å². The number of amidine groups is 1. The number of anilines is 1. The van der Waals surface area contributed by atoms with Crippen molar-refractivity contribution in [2.24, 2.45) is 16.6 Å². The molecular weight excluding hydrogens is 477 g/mol. The number of alkyl halides is 5. The third-order valence-electron chi connectivity index (χ3n) is 5.10. The van der Waals surface area contributed by atoms with Gasteiger partial charge in [0.05, 0.1) is 19.4 Å². The Morgan fingerprint density at radius 1 is 1.36 bits per heavy atom. The fourth-order valence-electron chi connectivity index (χ4n) is 3.52. The molecule has 33 heavy (non-hydrogen) atoms. The summed E-state index contributed by atoms with van der Waals surface area (Å²) in [6.07, 6.45) is -5.92. The highest BCUT2D eigenvalue weighted by molar-refractivity contribution is 7.10. The summed E-state index contributed by atoms with van der Waals surface area (Å²) in [6, 6.07) is 2.14. The van der Waals surface area contributed by atoms with E-state index in [1.807, 2.05) is 0 Å². The number of pyridine rings is 1. The number of aromatic nitrogens is 2. The van der Waals surface area contributed by atoms with Gasteiger partial charge in [-0.25, -0.2) is 15.0 Å². The number of hydrogen-bond acceptors (Lipinski definition) is 9. The Morgan fingerprint density at radius 3 is 2.82 bits per heavy atom. The topological polar surface area (TPSA) is 121 Å². The second kappa shape index (κ2) is 8.70. The van der Waals surface area contributed by atoms with Crippen molar-refractivity contribution in [3.63, 3.8) is 0 Å². The molecule has 0 aromatic carbocycles. The molecule has 2 aliphatic heterocycles. The maximum absolute atomic E-state index is 13.2. The molecule has 2 aromatic heterocycles. The number of halogens is 5. The van der Waals surface area contributed by atoms with Gasteiger partial charge in [-0.3, -0.25) is 4.79 Å². The lowest BCUT2D eigenvalue weighted by Crippen LogP contribution is -2.54. The highest BCUT2D eigenvalue weighted by Gasteiger charge is 2.56. The lowest BCUT2D eigenvalue weighted by Gasteiger charge is -2.44. The lowest BCUT2D eigenvalue weighted by atomic mass is 9.79. The van der Waals surface area contributed by atoms with E-state index in [-0.39, 0.29) is 29.9 Å². The molecule has 2 aromatic rings. The smallest absolute Gasteiger partial charge is 0.414 e. The van der Waals surface area contributed by atoms with Crippen LogP contribution in [0.5, 0.6) is 5.75 Å². The molecule has 1 amide bonds. The van der Waals surface area contributed by atoms with Crippen molar-refractivity contribution >= 4 is 29.1 Å². The van der Waals surface area contributed by atoms with E-state index in [4.69, 9.17) is 15.2 Å². The van der Waals surface area contributed by atoms with E-state index in [9.17, 15) is 26.7 Å². The zero-order valence-corrected chi connectivity index (χ0v) is 17.3. The van der Waals surface area contributed by atoms with Crippen LogP contribution in [-0.4, -0.2) is 54.0 Å². The number of aliphatic imine (C=N–C) groups is 1. The Labute approximate surface area is 186 Å². The molecule has 2 aliphatic rings. The molecule has 0 radical (unpaired) electrons. The number of nitrogens with zero attached hydrogens (tertiary/aromatic N) is 3. The van der Waals surface area contributed by atoms with Gasteiger partial charge in [0, 0.05) is 11.3 Å². The van der Waals surface area contributed by atoms with Crippen molar-refractivity contribution in [3.8, 4) is 5.75 Å². The Morgan fingerprint density at radius 2 is 2.15 bits per heavy atom. The van der Waals surface area contributed by atoms with Crippen molar-refractivity contribution in [2.75, 3.05) is 18.5 Å². The van der Waals surface area contributed by atoms with Crippen molar-refractivity contribution in [2.45, 2.75) is 30.9 Å². The number of rotatable bonds is 5. The number of carbonyl (C=O) groups excluding carboxylic acids is 1. The Hall–Kier alpha value is -3.07. The van der Waals surface area contributed by atoms with Crippen LogP contribution in [0.1, 0.15) is 21.9 Å². The summed E-state index contributed by atoms with van der Waals surface area (Å²) in [6.45, 7) is -3.54.